The van der Waals surface area contributed by atoms with E-state index in [0.29, 0.717) is 19.0 Å². The molecule has 0 amide bonds. The maximum Gasteiger partial charge on any atom is 0.128 e. The van der Waals surface area contributed by atoms with Crippen LogP contribution in [0.2, 0.25) is 0 Å². The van der Waals surface area contributed by atoms with E-state index in [1.165, 1.54) is 11.8 Å². The van der Waals surface area contributed by atoms with Crippen LogP contribution in [-0.2, 0) is 6.42 Å². The molecule has 0 heterocycles. The molecule has 2 aromatic carbocycles. The van der Waals surface area contributed by atoms with E-state index >= 15 is 0 Å². The second kappa shape index (κ2) is 7.94. The van der Waals surface area contributed by atoms with Gasteiger partial charge >= 0.3 is 0 Å². The van der Waals surface area contributed by atoms with Gasteiger partial charge in [-0.25, -0.2) is 0 Å². The van der Waals surface area contributed by atoms with Gasteiger partial charge in [0.1, 0.15) is 24.7 Å². The average Bonchev–Trinajstić information content (AvgIpc) is 2.54. The van der Waals surface area contributed by atoms with E-state index in [2.05, 4.69) is 24.2 Å². The highest BCUT2D eigenvalue weighted by Crippen LogP contribution is 2.16. The number of hydrogen-bond donors (Lipinski definition) is 1. The van der Waals surface area contributed by atoms with Crippen molar-refractivity contribution in [3.63, 3.8) is 0 Å². The van der Waals surface area contributed by atoms with E-state index < -0.39 is 0 Å². The zero-order valence-electron chi connectivity index (χ0n) is 12.0. The molecule has 0 aliphatic rings. The molecule has 4 nitrogen and oxygen atoms in total. The van der Waals surface area contributed by atoms with Crippen molar-refractivity contribution in [3.05, 3.63) is 59.7 Å². The Bertz CT molecular complexity index is 579. The number of rotatable bonds is 7. The second-order valence-electron chi connectivity index (χ2n) is 4.48. The minimum Gasteiger partial charge on any atom is -0.490 e. The Balaban J connectivity index is 1.81. The molecule has 0 atom stereocenters. The van der Waals surface area contributed by atoms with Gasteiger partial charge in [-0.05, 0) is 36.2 Å². The third-order valence-electron chi connectivity index (χ3n) is 3.06. The first kappa shape index (κ1) is 14.9. The number of nitrogens with zero attached hydrogens (tertiary/aromatic N) is 1. The molecule has 0 aromatic heterocycles. The molecule has 2 aromatic rings. The van der Waals surface area contributed by atoms with Gasteiger partial charge in [0.15, 0.2) is 0 Å². The van der Waals surface area contributed by atoms with Gasteiger partial charge in [-0.15, -0.1) is 0 Å². The highest BCUT2D eigenvalue weighted by atomic mass is 16.5. The molecule has 0 fully saturated rings. The van der Waals surface area contributed by atoms with Crippen LogP contribution in [-0.4, -0.2) is 24.6 Å². The highest BCUT2D eigenvalue weighted by Gasteiger charge is 2.01. The Kier molecular flexibility index (Phi) is 5.64. The lowest BCUT2D eigenvalue weighted by Crippen LogP contribution is -2.10. The number of para-hydroxylation sites is 1. The molecule has 2 rings (SSSR count). The van der Waals surface area contributed by atoms with Crippen molar-refractivity contribution in [2.45, 2.75) is 13.3 Å². The summed E-state index contributed by atoms with van der Waals surface area (Å²) in [6, 6.07) is 15.4. The van der Waals surface area contributed by atoms with E-state index in [0.717, 1.165) is 17.7 Å². The molecule has 0 bridgehead atoms. The predicted molar refractivity (Wildman–Crippen MR) is 82.6 cm³/mol. The standard InChI is InChI=1S/C17H19NO3/c1-2-14-7-9-16(10-8-14)20-11-12-21-17-6-4-3-5-15(17)13-18-19/h3-10,13,19H,2,11-12H2,1H3/b18-13+. The normalized spacial score (nSPS) is 10.7. The zero-order chi connectivity index (χ0) is 14.9. The maximum atomic E-state index is 8.60. The first-order valence-electron chi connectivity index (χ1n) is 6.94. The summed E-state index contributed by atoms with van der Waals surface area (Å²) in [4.78, 5) is 0. The maximum absolute atomic E-state index is 8.60. The summed E-state index contributed by atoms with van der Waals surface area (Å²) in [6.07, 6.45) is 2.37. The average molecular weight is 285 g/mol. The molecule has 0 saturated heterocycles. The fourth-order valence-corrected chi connectivity index (χ4v) is 1.91. The van der Waals surface area contributed by atoms with Crippen LogP contribution in [0.5, 0.6) is 11.5 Å². The summed E-state index contributed by atoms with van der Waals surface area (Å²) in [5, 5.41) is 11.6. The minimum atomic E-state index is 0.422. The van der Waals surface area contributed by atoms with Gasteiger partial charge in [-0.3, -0.25) is 0 Å². The molecule has 0 saturated carbocycles. The third-order valence-corrected chi connectivity index (χ3v) is 3.06. The lowest BCUT2D eigenvalue weighted by atomic mass is 10.2. The molecule has 0 aliphatic carbocycles. The van der Waals surface area contributed by atoms with Crippen molar-refractivity contribution in [1.29, 1.82) is 0 Å². The summed E-state index contributed by atoms with van der Waals surface area (Å²) in [5.41, 5.74) is 2.02. The van der Waals surface area contributed by atoms with Crippen molar-refractivity contribution in [1.82, 2.24) is 0 Å². The summed E-state index contributed by atoms with van der Waals surface area (Å²) in [7, 11) is 0. The highest BCUT2D eigenvalue weighted by molar-refractivity contribution is 5.82. The van der Waals surface area contributed by atoms with Gasteiger partial charge in [0.05, 0.1) is 6.21 Å². The van der Waals surface area contributed by atoms with Gasteiger partial charge in [0.2, 0.25) is 0 Å². The Morgan fingerprint density at radius 1 is 1.00 bits per heavy atom. The molecule has 1 N–H and O–H groups in total. The van der Waals surface area contributed by atoms with E-state index in [4.69, 9.17) is 14.7 Å². The summed E-state index contributed by atoms with van der Waals surface area (Å²) in [5.74, 6) is 1.50. The zero-order valence-corrected chi connectivity index (χ0v) is 12.0. The number of hydrogen-bond acceptors (Lipinski definition) is 4. The van der Waals surface area contributed by atoms with Gasteiger partial charge in [0.25, 0.3) is 0 Å². The first-order chi connectivity index (χ1) is 10.3. The number of ether oxygens (including phenoxy) is 2. The quantitative estimate of drug-likeness (QED) is 0.366. The van der Waals surface area contributed by atoms with Crippen molar-refractivity contribution in [2.75, 3.05) is 13.2 Å². The molecular weight excluding hydrogens is 266 g/mol. The van der Waals surface area contributed by atoms with Crippen molar-refractivity contribution in [3.8, 4) is 11.5 Å². The van der Waals surface area contributed by atoms with E-state index in [-0.39, 0.29) is 0 Å². The minimum absolute atomic E-state index is 0.422. The summed E-state index contributed by atoms with van der Waals surface area (Å²) < 4.78 is 11.2. The number of aryl methyl sites for hydroxylation is 1. The van der Waals surface area contributed by atoms with Crippen LogP contribution in [0.25, 0.3) is 0 Å². The first-order valence-corrected chi connectivity index (χ1v) is 6.94. The van der Waals surface area contributed by atoms with E-state index in [1.54, 1.807) is 0 Å². The molecule has 0 unspecified atom stereocenters. The summed E-state index contributed by atoms with van der Waals surface area (Å²) in [6.45, 7) is 3.00. The fourth-order valence-electron chi connectivity index (χ4n) is 1.91. The van der Waals surface area contributed by atoms with Crippen molar-refractivity contribution in [2.24, 2.45) is 5.16 Å². The van der Waals surface area contributed by atoms with E-state index in [1.807, 2.05) is 36.4 Å². The largest absolute Gasteiger partial charge is 0.490 e. The Hall–Kier alpha value is -2.49. The van der Waals surface area contributed by atoms with Crippen LogP contribution < -0.4 is 9.47 Å². The van der Waals surface area contributed by atoms with Gasteiger partial charge in [-0.1, -0.05) is 36.3 Å². The topological polar surface area (TPSA) is 51.0 Å². The Morgan fingerprint density at radius 3 is 2.43 bits per heavy atom. The number of benzene rings is 2. The third kappa shape index (κ3) is 4.53. The molecule has 110 valence electrons. The smallest absolute Gasteiger partial charge is 0.128 e. The fraction of sp³-hybridized carbons (Fsp3) is 0.235. The Labute approximate surface area is 124 Å². The molecule has 0 spiro atoms. The van der Waals surface area contributed by atoms with Crippen LogP contribution in [0.15, 0.2) is 53.7 Å². The van der Waals surface area contributed by atoms with Crippen LogP contribution in [0.1, 0.15) is 18.1 Å². The molecule has 0 radical (unpaired) electrons. The van der Waals surface area contributed by atoms with Crippen LogP contribution in [0.4, 0.5) is 0 Å². The van der Waals surface area contributed by atoms with Gasteiger partial charge < -0.3 is 14.7 Å². The molecule has 0 aliphatic heterocycles. The SMILES string of the molecule is CCc1ccc(OCCOc2ccccc2/C=N/O)cc1. The molecule has 21 heavy (non-hydrogen) atoms. The Morgan fingerprint density at radius 2 is 1.71 bits per heavy atom. The number of oxime groups is 1. The van der Waals surface area contributed by atoms with Gasteiger partial charge in [0, 0.05) is 5.56 Å². The van der Waals surface area contributed by atoms with Gasteiger partial charge in [-0.2, -0.15) is 0 Å². The van der Waals surface area contributed by atoms with Crippen LogP contribution >= 0.6 is 0 Å². The van der Waals surface area contributed by atoms with E-state index in [9.17, 15) is 0 Å². The monoisotopic (exact) mass is 285 g/mol. The molecular formula is C17H19NO3. The molecule has 4 heteroatoms. The van der Waals surface area contributed by atoms with Crippen LogP contribution in [0, 0.1) is 0 Å². The van der Waals surface area contributed by atoms with Crippen molar-refractivity contribution < 1.29 is 14.7 Å². The predicted octanol–water partition coefficient (Wildman–Crippen LogP) is 3.51. The lowest BCUT2D eigenvalue weighted by Gasteiger charge is -2.10. The van der Waals surface area contributed by atoms with Crippen LogP contribution in [0.3, 0.4) is 0 Å². The summed E-state index contributed by atoms with van der Waals surface area (Å²) >= 11 is 0. The second-order valence-corrected chi connectivity index (χ2v) is 4.48. The van der Waals surface area contributed by atoms with Crippen molar-refractivity contribution >= 4 is 6.21 Å². The lowest BCUT2D eigenvalue weighted by molar-refractivity contribution is 0.217.